The van der Waals surface area contributed by atoms with Crippen LogP contribution in [0.5, 0.6) is 11.5 Å². The standard InChI is InChI=1S/C23H21NO6/c24-20(14-29-22(27)16-6-10-18(25)11-7-16)21(15-4-2-1-3-5-15)30-23(28)17-8-12-19(26)13-9-17/h1-13,20-21,25-26H,14,24H2/t20-,21+/m0/s1. The average molecular weight is 407 g/mol. The summed E-state index contributed by atoms with van der Waals surface area (Å²) in [6.45, 7) is -0.192. The number of hydrogen-bond donors (Lipinski definition) is 3. The van der Waals surface area contributed by atoms with Crippen molar-refractivity contribution >= 4 is 11.9 Å². The van der Waals surface area contributed by atoms with Crippen molar-refractivity contribution in [1.82, 2.24) is 0 Å². The zero-order valence-corrected chi connectivity index (χ0v) is 16.0. The number of esters is 2. The van der Waals surface area contributed by atoms with Crippen LogP contribution in [-0.2, 0) is 9.47 Å². The zero-order chi connectivity index (χ0) is 21.5. The molecular formula is C23H21NO6. The third kappa shape index (κ3) is 5.36. The number of hydrogen-bond acceptors (Lipinski definition) is 7. The minimum Gasteiger partial charge on any atom is -0.508 e. The molecule has 3 rings (SSSR count). The second-order valence-electron chi connectivity index (χ2n) is 6.59. The number of aromatic hydroxyl groups is 2. The van der Waals surface area contributed by atoms with E-state index in [0.29, 0.717) is 5.56 Å². The first-order valence-corrected chi connectivity index (χ1v) is 9.21. The molecule has 7 heteroatoms. The van der Waals surface area contributed by atoms with Gasteiger partial charge in [0.05, 0.1) is 17.2 Å². The Kier molecular flexibility index (Phi) is 6.67. The first-order chi connectivity index (χ1) is 14.4. The summed E-state index contributed by atoms with van der Waals surface area (Å²) in [5.41, 5.74) is 7.38. The van der Waals surface area contributed by atoms with Crippen molar-refractivity contribution in [2.24, 2.45) is 5.73 Å². The van der Waals surface area contributed by atoms with Crippen LogP contribution in [0.25, 0.3) is 0 Å². The molecule has 0 unspecified atom stereocenters. The molecule has 0 aliphatic heterocycles. The third-order valence-corrected chi connectivity index (χ3v) is 4.36. The first-order valence-electron chi connectivity index (χ1n) is 9.21. The molecule has 0 fully saturated rings. The van der Waals surface area contributed by atoms with Gasteiger partial charge in [-0.3, -0.25) is 0 Å². The third-order valence-electron chi connectivity index (χ3n) is 4.36. The Bertz CT molecular complexity index is 986. The second kappa shape index (κ2) is 9.58. The van der Waals surface area contributed by atoms with Crippen molar-refractivity contribution in [3.8, 4) is 11.5 Å². The van der Waals surface area contributed by atoms with Gasteiger partial charge >= 0.3 is 11.9 Å². The maximum absolute atomic E-state index is 12.5. The molecule has 0 bridgehead atoms. The Morgan fingerprint density at radius 2 is 1.27 bits per heavy atom. The summed E-state index contributed by atoms with van der Waals surface area (Å²) in [4.78, 5) is 24.7. The van der Waals surface area contributed by atoms with Crippen molar-refractivity contribution in [3.63, 3.8) is 0 Å². The summed E-state index contributed by atoms with van der Waals surface area (Å²) in [5.74, 6) is -1.16. The Morgan fingerprint density at radius 1 is 0.767 bits per heavy atom. The van der Waals surface area contributed by atoms with E-state index in [1.807, 2.05) is 6.07 Å². The molecule has 30 heavy (non-hydrogen) atoms. The van der Waals surface area contributed by atoms with Gasteiger partial charge in [0.25, 0.3) is 0 Å². The number of carbonyl (C=O) groups excluding carboxylic acids is 2. The van der Waals surface area contributed by atoms with Crippen LogP contribution in [0.2, 0.25) is 0 Å². The number of nitrogens with two attached hydrogens (primary N) is 1. The Labute approximate surface area is 173 Å². The average Bonchev–Trinajstić information content (AvgIpc) is 2.77. The molecule has 0 aliphatic rings. The molecule has 0 aromatic heterocycles. The van der Waals surface area contributed by atoms with Gasteiger partial charge in [-0.2, -0.15) is 0 Å². The molecule has 0 aliphatic carbocycles. The van der Waals surface area contributed by atoms with Crippen LogP contribution in [0.3, 0.4) is 0 Å². The maximum atomic E-state index is 12.5. The number of ether oxygens (including phenoxy) is 2. The number of phenolic OH excluding ortho intramolecular Hbond substituents is 2. The number of rotatable bonds is 7. The van der Waals surface area contributed by atoms with E-state index in [9.17, 15) is 19.8 Å². The summed E-state index contributed by atoms with van der Waals surface area (Å²) in [5, 5.41) is 18.7. The highest BCUT2D eigenvalue weighted by Crippen LogP contribution is 2.23. The fraction of sp³-hybridized carbons (Fsp3) is 0.130. The molecule has 3 aromatic rings. The van der Waals surface area contributed by atoms with Gasteiger partial charge < -0.3 is 25.4 Å². The van der Waals surface area contributed by atoms with Gasteiger partial charge in [-0.05, 0) is 54.1 Å². The lowest BCUT2D eigenvalue weighted by Crippen LogP contribution is -2.36. The Morgan fingerprint density at radius 3 is 1.80 bits per heavy atom. The topological polar surface area (TPSA) is 119 Å². The molecule has 0 amide bonds. The molecule has 3 aromatic carbocycles. The van der Waals surface area contributed by atoms with Crippen LogP contribution in [0.15, 0.2) is 78.9 Å². The minimum absolute atomic E-state index is 0.0315. The Balaban J connectivity index is 1.71. The normalized spacial score (nSPS) is 12.6. The molecule has 4 N–H and O–H groups in total. The predicted octanol–water partition coefficient (Wildman–Crippen LogP) is 3.18. The first kappa shape index (κ1) is 20.9. The van der Waals surface area contributed by atoms with Gasteiger partial charge in [0.1, 0.15) is 24.2 Å². The molecule has 2 atom stereocenters. The second-order valence-corrected chi connectivity index (χ2v) is 6.59. The van der Waals surface area contributed by atoms with E-state index in [4.69, 9.17) is 15.2 Å². The van der Waals surface area contributed by atoms with E-state index < -0.39 is 24.1 Å². The van der Waals surface area contributed by atoms with Gasteiger partial charge in [0, 0.05) is 0 Å². The minimum atomic E-state index is -0.861. The molecule has 0 heterocycles. The molecule has 0 saturated heterocycles. The predicted molar refractivity (Wildman–Crippen MR) is 109 cm³/mol. The lowest BCUT2D eigenvalue weighted by Gasteiger charge is -2.24. The van der Waals surface area contributed by atoms with Crippen LogP contribution in [0, 0.1) is 0 Å². The van der Waals surface area contributed by atoms with Crippen molar-refractivity contribution in [2.75, 3.05) is 6.61 Å². The monoisotopic (exact) mass is 407 g/mol. The number of phenols is 2. The highest BCUT2D eigenvalue weighted by molar-refractivity contribution is 5.90. The van der Waals surface area contributed by atoms with E-state index in [0.717, 1.165) is 0 Å². The highest BCUT2D eigenvalue weighted by atomic mass is 16.6. The molecule has 154 valence electrons. The molecular weight excluding hydrogens is 386 g/mol. The van der Waals surface area contributed by atoms with Gasteiger partial charge in [0.2, 0.25) is 0 Å². The fourth-order valence-corrected chi connectivity index (χ4v) is 2.77. The molecule has 0 spiro atoms. The van der Waals surface area contributed by atoms with Crippen molar-refractivity contribution in [3.05, 3.63) is 95.6 Å². The summed E-state index contributed by atoms with van der Waals surface area (Å²) < 4.78 is 10.9. The summed E-state index contributed by atoms with van der Waals surface area (Å²) >= 11 is 0. The van der Waals surface area contributed by atoms with Gasteiger partial charge in [-0.1, -0.05) is 30.3 Å². The summed E-state index contributed by atoms with van der Waals surface area (Å²) in [6.07, 6.45) is -0.861. The van der Waals surface area contributed by atoms with Gasteiger partial charge in [-0.15, -0.1) is 0 Å². The van der Waals surface area contributed by atoms with Gasteiger partial charge in [0.15, 0.2) is 0 Å². The highest BCUT2D eigenvalue weighted by Gasteiger charge is 2.26. The largest absolute Gasteiger partial charge is 0.508 e. The van der Waals surface area contributed by atoms with Gasteiger partial charge in [-0.25, -0.2) is 9.59 Å². The maximum Gasteiger partial charge on any atom is 0.338 e. The van der Waals surface area contributed by atoms with E-state index in [-0.39, 0.29) is 29.2 Å². The van der Waals surface area contributed by atoms with Crippen LogP contribution in [-0.4, -0.2) is 34.8 Å². The lowest BCUT2D eigenvalue weighted by atomic mass is 10.0. The zero-order valence-electron chi connectivity index (χ0n) is 16.0. The smallest absolute Gasteiger partial charge is 0.338 e. The van der Waals surface area contributed by atoms with E-state index in [1.54, 1.807) is 24.3 Å². The molecule has 0 saturated carbocycles. The summed E-state index contributed by atoms with van der Waals surface area (Å²) in [6, 6.07) is 19.3. The molecule has 7 nitrogen and oxygen atoms in total. The quantitative estimate of drug-likeness (QED) is 0.515. The van der Waals surface area contributed by atoms with E-state index >= 15 is 0 Å². The summed E-state index contributed by atoms with van der Waals surface area (Å²) in [7, 11) is 0. The number of carbonyl (C=O) groups is 2. The van der Waals surface area contributed by atoms with E-state index in [2.05, 4.69) is 0 Å². The van der Waals surface area contributed by atoms with Crippen LogP contribution < -0.4 is 5.73 Å². The van der Waals surface area contributed by atoms with Crippen molar-refractivity contribution in [2.45, 2.75) is 12.1 Å². The van der Waals surface area contributed by atoms with Crippen LogP contribution in [0.4, 0.5) is 0 Å². The van der Waals surface area contributed by atoms with E-state index in [1.165, 1.54) is 48.5 Å². The lowest BCUT2D eigenvalue weighted by molar-refractivity contribution is 0.0107. The fourth-order valence-electron chi connectivity index (χ4n) is 2.77. The Hall–Kier alpha value is -3.84. The van der Waals surface area contributed by atoms with Crippen molar-refractivity contribution in [1.29, 1.82) is 0 Å². The number of benzene rings is 3. The SMILES string of the molecule is N[C@@H](COC(=O)c1ccc(O)cc1)[C@H](OC(=O)c1ccc(O)cc1)c1ccccc1. The van der Waals surface area contributed by atoms with Crippen molar-refractivity contribution < 1.29 is 29.3 Å². The molecule has 0 radical (unpaired) electrons. The van der Waals surface area contributed by atoms with Crippen LogP contribution in [0.1, 0.15) is 32.4 Å². The van der Waals surface area contributed by atoms with Crippen LogP contribution >= 0.6 is 0 Å².